The van der Waals surface area contributed by atoms with Gasteiger partial charge in [0.2, 0.25) is 0 Å². The van der Waals surface area contributed by atoms with Gasteiger partial charge in [-0.15, -0.1) is 9.24 Å². The molecule has 32 valence electrons. The van der Waals surface area contributed by atoms with Crippen molar-refractivity contribution in [1.82, 2.24) is 5.01 Å². The highest BCUT2D eigenvalue weighted by Crippen LogP contribution is 1.75. The van der Waals surface area contributed by atoms with Crippen LogP contribution in [0.15, 0.2) is 0 Å². The van der Waals surface area contributed by atoms with Crippen molar-refractivity contribution in [2.75, 3.05) is 13.3 Å². The van der Waals surface area contributed by atoms with Crippen molar-refractivity contribution >= 4 is 9.24 Å². The molecular formula is C2H9N2P. The van der Waals surface area contributed by atoms with E-state index in [9.17, 15) is 0 Å². The minimum Gasteiger partial charge on any atom is -0.269 e. The summed E-state index contributed by atoms with van der Waals surface area (Å²) in [6.07, 6.45) is 0.833. The van der Waals surface area contributed by atoms with Gasteiger partial charge in [0.15, 0.2) is 0 Å². The highest BCUT2D eigenvalue weighted by atomic mass is 31.0. The Labute approximate surface area is 34.5 Å². The fourth-order valence-electron chi connectivity index (χ4n) is 0. The molecule has 0 aromatic heterocycles. The van der Waals surface area contributed by atoms with Crippen molar-refractivity contribution in [2.24, 2.45) is 5.84 Å². The van der Waals surface area contributed by atoms with Gasteiger partial charge in [0.05, 0.1) is 0 Å². The Morgan fingerprint density at radius 2 is 2.20 bits per heavy atom. The van der Waals surface area contributed by atoms with Crippen LogP contribution in [0.2, 0.25) is 0 Å². The van der Waals surface area contributed by atoms with Crippen LogP contribution in [0.4, 0.5) is 0 Å². The Balaban J connectivity index is 2.54. The van der Waals surface area contributed by atoms with E-state index >= 15 is 0 Å². The third kappa shape index (κ3) is 4.35. The third-order valence-corrected chi connectivity index (χ3v) is 0.864. The van der Waals surface area contributed by atoms with Gasteiger partial charge in [-0.25, -0.2) is 5.01 Å². The lowest BCUT2D eigenvalue weighted by Gasteiger charge is -2.00. The minimum atomic E-state index is 0.833. The summed E-state index contributed by atoms with van der Waals surface area (Å²) >= 11 is 0. The van der Waals surface area contributed by atoms with Crippen LogP contribution in [0.25, 0.3) is 0 Å². The standard InChI is InChI=1S/C2H9N2P/c1-4(3)2-5/h2-3,5H2,1H3. The zero-order valence-electron chi connectivity index (χ0n) is 3.31. The van der Waals surface area contributed by atoms with Crippen LogP contribution < -0.4 is 5.84 Å². The van der Waals surface area contributed by atoms with E-state index in [-0.39, 0.29) is 0 Å². The summed E-state index contributed by atoms with van der Waals surface area (Å²) < 4.78 is 0. The van der Waals surface area contributed by atoms with Gasteiger partial charge < -0.3 is 0 Å². The molecule has 0 saturated carbocycles. The van der Waals surface area contributed by atoms with Crippen molar-refractivity contribution < 1.29 is 0 Å². The first-order valence-corrected chi connectivity index (χ1v) is 2.25. The molecule has 0 aliphatic heterocycles. The molecule has 0 aromatic carbocycles. The van der Waals surface area contributed by atoms with Crippen LogP contribution in [0.3, 0.4) is 0 Å². The van der Waals surface area contributed by atoms with E-state index in [1.165, 1.54) is 0 Å². The van der Waals surface area contributed by atoms with Crippen molar-refractivity contribution in [3.05, 3.63) is 0 Å². The highest BCUT2D eigenvalue weighted by molar-refractivity contribution is 7.16. The molecule has 3 heteroatoms. The molecule has 0 bridgehead atoms. The Kier molecular flexibility index (Phi) is 2.76. The number of hydrazine groups is 1. The first-order chi connectivity index (χ1) is 2.27. The SMILES string of the molecule is CN(N)CP. The van der Waals surface area contributed by atoms with Crippen molar-refractivity contribution in [2.45, 2.75) is 0 Å². The molecule has 0 rings (SSSR count). The molecule has 0 amide bonds. The molecule has 2 N–H and O–H groups in total. The molecule has 0 radical (unpaired) electrons. The van der Waals surface area contributed by atoms with E-state index in [1.54, 1.807) is 5.01 Å². The van der Waals surface area contributed by atoms with E-state index in [0.717, 1.165) is 6.29 Å². The number of hydrogen-bond donors (Lipinski definition) is 1. The molecule has 0 saturated heterocycles. The Bertz CT molecular complexity index is 21.6. The van der Waals surface area contributed by atoms with Gasteiger partial charge >= 0.3 is 0 Å². The molecule has 0 aliphatic rings. The fourth-order valence-corrected chi connectivity index (χ4v) is 0. The summed E-state index contributed by atoms with van der Waals surface area (Å²) in [6.45, 7) is 0. The molecular weight excluding hydrogens is 83.0 g/mol. The van der Waals surface area contributed by atoms with Crippen LogP contribution in [-0.2, 0) is 0 Å². The van der Waals surface area contributed by atoms with E-state index in [2.05, 4.69) is 9.24 Å². The smallest absolute Gasteiger partial charge is 0.0268 e. The van der Waals surface area contributed by atoms with Crippen LogP contribution in [0.5, 0.6) is 0 Å². The lowest BCUT2D eigenvalue weighted by Crippen LogP contribution is -2.23. The summed E-state index contributed by atoms with van der Waals surface area (Å²) in [6, 6.07) is 0. The summed E-state index contributed by atoms with van der Waals surface area (Å²) in [7, 11) is 4.31. The first-order valence-electron chi connectivity index (χ1n) is 1.43. The zero-order valence-corrected chi connectivity index (χ0v) is 4.46. The number of nitrogens with two attached hydrogens (primary N) is 1. The normalized spacial score (nSPS) is 9.60. The quantitative estimate of drug-likeness (QED) is 0.271. The van der Waals surface area contributed by atoms with Crippen LogP contribution >= 0.6 is 9.24 Å². The average molecular weight is 92.1 g/mol. The molecule has 0 spiro atoms. The van der Waals surface area contributed by atoms with Crippen molar-refractivity contribution in [3.8, 4) is 0 Å². The second-order valence-electron chi connectivity index (χ2n) is 0.940. The van der Waals surface area contributed by atoms with Crippen LogP contribution in [-0.4, -0.2) is 18.3 Å². The molecule has 0 heterocycles. The minimum absolute atomic E-state index is 0.833. The molecule has 1 unspecified atom stereocenters. The molecule has 0 aromatic rings. The topological polar surface area (TPSA) is 29.3 Å². The maximum atomic E-state index is 5.10. The summed E-state index contributed by atoms with van der Waals surface area (Å²) in [5.41, 5.74) is 0. The lowest BCUT2D eigenvalue weighted by molar-refractivity contribution is 0.414. The van der Waals surface area contributed by atoms with Crippen molar-refractivity contribution in [3.63, 3.8) is 0 Å². The molecule has 2 nitrogen and oxygen atoms in total. The lowest BCUT2D eigenvalue weighted by atomic mass is 11.2. The molecule has 0 aliphatic carbocycles. The summed E-state index contributed by atoms with van der Waals surface area (Å²) in [4.78, 5) is 0. The first kappa shape index (κ1) is 5.35. The second-order valence-corrected chi connectivity index (χ2v) is 1.30. The van der Waals surface area contributed by atoms with E-state index in [1.807, 2.05) is 7.05 Å². The summed E-state index contributed by atoms with van der Waals surface area (Å²) in [5, 5.41) is 1.59. The molecule has 1 atom stereocenters. The van der Waals surface area contributed by atoms with Gasteiger partial charge in [0, 0.05) is 13.3 Å². The van der Waals surface area contributed by atoms with Gasteiger partial charge in [-0.1, -0.05) is 0 Å². The Morgan fingerprint density at radius 1 is 2.00 bits per heavy atom. The predicted molar refractivity (Wildman–Crippen MR) is 26.5 cm³/mol. The van der Waals surface area contributed by atoms with Gasteiger partial charge in [-0.2, -0.15) is 0 Å². The van der Waals surface area contributed by atoms with Gasteiger partial charge in [0.1, 0.15) is 0 Å². The summed E-state index contributed by atoms with van der Waals surface area (Å²) in [5.74, 6) is 5.10. The number of hydrogen-bond acceptors (Lipinski definition) is 2. The van der Waals surface area contributed by atoms with Crippen LogP contribution in [0.1, 0.15) is 0 Å². The molecule has 0 fully saturated rings. The largest absolute Gasteiger partial charge is 0.269 e. The van der Waals surface area contributed by atoms with E-state index in [0.29, 0.717) is 0 Å². The van der Waals surface area contributed by atoms with Crippen molar-refractivity contribution in [1.29, 1.82) is 0 Å². The average Bonchev–Trinajstić information content (AvgIpc) is 1.38. The van der Waals surface area contributed by atoms with E-state index in [4.69, 9.17) is 5.84 Å². The van der Waals surface area contributed by atoms with E-state index < -0.39 is 0 Å². The maximum Gasteiger partial charge on any atom is 0.0268 e. The number of rotatable bonds is 1. The Hall–Kier alpha value is 0.350. The monoisotopic (exact) mass is 92.1 g/mol. The predicted octanol–water partition coefficient (Wildman–Crippen LogP) is -0.375. The maximum absolute atomic E-state index is 5.10. The zero-order chi connectivity index (χ0) is 4.28. The number of nitrogens with zero attached hydrogens (tertiary/aromatic N) is 1. The van der Waals surface area contributed by atoms with Crippen LogP contribution in [0, 0.1) is 0 Å². The molecule has 5 heavy (non-hydrogen) atoms. The third-order valence-electron chi connectivity index (χ3n) is 0.288. The highest BCUT2D eigenvalue weighted by Gasteiger charge is 1.72. The fraction of sp³-hybridized carbons (Fsp3) is 1.00. The second kappa shape index (κ2) is 2.58. The Morgan fingerprint density at radius 3 is 2.20 bits per heavy atom. The van der Waals surface area contributed by atoms with Gasteiger partial charge in [0.25, 0.3) is 0 Å². The van der Waals surface area contributed by atoms with Gasteiger partial charge in [-0.3, -0.25) is 5.84 Å². The van der Waals surface area contributed by atoms with Gasteiger partial charge in [-0.05, 0) is 0 Å².